The third-order valence-electron chi connectivity index (χ3n) is 3.12. The second-order valence-electron chi connectivity index (χ2n) is 4.39. The Morgan fingerprint density at radius 3 is 3.17 bits per heavy atom. The lowest BCUT2D eigenvalue weighted by Gasteiger charge is -2.32. The van der Waals surface area contributed by atoms with E-state index in [0.717, 1.165) is 26.2 Å². The van der Waals surface area contributed by atoms with Crippen LogP contribution >= 0.6 is 11.6 Å². The summed E-state index contributed by atoms with van der Waals surface area (Å²) in [5, 5.41) is 3.67. The molecule has 1 aliphatic rings. The minimum Gasteiger partial charge on any atom is -0.381 e. The summed E-state index contributed by atoms with van der Waals surface area (Å²) in [5.74, 6) is -0.290. The average molecular weight is 273 g/mol. The van der Waals surface area contributed by atoms with E-state index in [2.05, 4.69) is 17.1 Å². The predicted octanol–water partition coefficient (Wildman–Crippen LogP) is 2.61. The highest BCUT2D eigenvalue weighted by Gasteiger charge is 2.19. The number of likely N-dealkylation sites (N-methyl/N-ethyl adjacent to an activating group) is 1. The Kier molecular flexibility index (Phi) is 4.80. The highest BCUT2D eigenvalue weighted by atomic mass is 35.5. The molecule has 1 saturated heterocycles. The SMILES string of the molecule is CCN1CCOC(CNc2cc(F)ccc2Cl)C1. The van der Waals surface area contributed by atoms with Crippen molar-refractivity contribution >= 4 is 17.3 Å². The Labute approximate surface area is 112 Å². The first-order valence-corrected chi connectivity index (χ1v) is 6.59. The standard InChI is InChI=1S/C13H18ClFN2O/c1-2-17-5-6-18-11(9-17)8-16-13-7-10(15)3-4-12(13)14/h3-4,7,11,16H,2,5-6,8-9H2,1H3. The molecular weight excluding hydrogens is 255 g/mol. The van der Waals surface area contributed by atoms with Crippen LogP contribution in [0.15, 0.2) is 18.2 Å². The quantitative estimate of drug-likeness (QED) is 0.912. The number of ether oxygens (including phenoxy) is 1. The van der Waals surface area contributed by atoms with E-state index in [4.69, 9.17) is 16.3 Å². The molecule has 100 valence electrons. The third kappa shape index (κ3) is 3.57. The van der Waals surface area contributed by atoms with Gasteiger partial charge in [0.25, 0.3) is 0 Å². The van der Waals surface area contributed by atoms with Crippen LogP contribution in [0.2, 0.25) is 5.02 Å². The van der Waals surface area contributed by atoms with Crippen molar-refractivity contribution in [3.05, 3.63) is 29.0 Å². The average Bonchev–Trinajstić information content (AvgIpc) is 2.40. The first-order valence-electron chi connectivity index (χ1n) is 6.22. The maximum absolute atomic E-state index is 13.1. The van der Waals surface area contributed by atoms with E-state index in [1.54, 1.807) is 6.07 Å². The van der Waals surface area contributed by atoms with E-state index in [-0.39, 0.29) is 11.9 Å². The lowest BCUT2D eigenvalue weighted by Crippen LogP contribution is -2.45. The highest BCUT2D eigenvalue weighted by Crippen LogP contribution is 2.22. The van der Waals surface area contributed by atoms with E-state index >= 15 is 0 Å². The molecule has 1 aliphatic heterocycles. The fourth-order valence-corrected chi connectivity index (χ4v) is 2.23. The summed E-state index contributed by atoms with van der Waals surface area (Å²) in [7, 11) is 0. The van der Waals surface area contributed by atoms with Crippen molar-refractivity contribution in [2.75, 3.05) is 38.1 Å². The molecule has 0 aromatic heterocycles. The van der Waals surface area contributed by atoms with Gasteiger partial charge in [0.05, 0.1) is 23.4 Å². The van der Waals surface area contributed by atoms with Crippen LogP contribution in [0, 0.1) is 5.82 Å². The van der Waals surface area contributed by atoms with Crippen LogP contribution in [-0.4, -0.2) is 43.8 Å². The molecule has 5 heteroatoms. The number of halogens is 2. The summed E-state index contributed by atoms with van der Waals surface area (Å²) in [4.78, 5) is 2.34. The zero-order chi connectivity index (χ0) is 13.0. The molecule has 1 heterocycles. The van der Waals surface area contributed by atoms with Gasteiger partial charge in [0.2, 0.25) is 0 Å². The van der Waals surface area contributed by atoms with Gasteiger partial charge >= 0.3 is 0 Å². The summed E-state index contributed by atoms with van der Waals surface area (Å²) in [6, 6.07) is 4.31. The van der Waals surface area contributed by atoms with Gasteiger partial charge in [0.15, 0.2) is 0 Å². The van der Waals surface area contributed by atoms with Gasteiger partial charge in [-0.1, -0.05) is 18.5 Å². The molecule has 0 bridgehead atoms. The van der Waals surface area contributed by atoms with Crippen LogP contribution in [0.4, 0.5) is 10.1 Å². The minimum atomic E-state index is -0.290. The van der Waals surface area contributed by atoms with Gasteiger partial charge in [-0.15, -0.1) is 0 Å². The maximum Gasteiger partial charge on any atom is 0.125 e. The summed E-state index contributed by atoms with van der Waals surface area (Å²) in [5.41, 5.74) is 0.619. The normalized spacial score (nSPS) is 20.9. The van der Waals surface area contributed by atoms with Crippen LogP contribution < -0.4 is 5.32 Å². The molecule has 18 heavy (non-hydrogen) atoms. The number of nitrogens with one attached hydrogen (secondary N) is 1. The van der Waals surface area contributed by atoms with E-state index < -0.39 is 0 Å². The number of hydrogen-bond acceptors (Lipinski definition) is 3. The largest absolute Gasteiger partial charge is 0.381 e. The molecule has 1 aromatic rings. The van der Waals surface area contributed by atoms with Crippen LogP contribution in [0.25, 0.3) is 0 Å². The van der Waals surface area contributed by atoms with Gasteiger partial charge in [-0.3, -0.25) is 4.90 Å². The zero-order valence-corrected chi connectivity index (χ0v) is 11.2. The molecule has 1 unspecified atom stereocenters. The minimum absolute atomic E-state index is 0.123. The van der Waals surface area contributed by atoms with Gasteiger partial charge in [0, 0.05) is 19.6 Å². The molecule has 2 rings (SSSR count). The summed E-state index contributed by atoms with van der Waals surface area (Å²) >= 11 is 5.99. The van der Waals surface area contributed by atoms with Crippen LogP contribution in [0.3, 0.4) is 0 Å². The molecule has 1 N–H and O–H groups in total. The van der Waals surface area contributed by atoms with Crippen LogP contribution in [-0.2, 0) is 4.74 Å². The van der Waals surface area contributed by atoms with Gasteiger partial charge in [-0.25, -0.2) is 4.39 Å². The Balaban J connectivity index is 1.89. The molecule has 0 saturated carbocycles. The monoisotopic (exact) mass is 272 g/mol. The summed E-state index contributed by atoms with van der Waals surface area (Å²) in [6.07, 6.45) is 0.123. The van der Waals surface area contributed by atoms with Gasteiger partial charge in [-0.2, -0.15) is 0 Å². The van der Waals surface area contributed by atoms with Crippen LogP contribution in [0.1, 0.15) is 6.92 Å². The highest BCUT2D eigenvalue weighted by molar-refractivity contribution is 6.33. The molecule has 0 amide bonds. The van der Waals surface area contributed by atoms with Gasteiger partial charge < -0.3 is 10.1 Å². The molecule has 1 fully saturated rings. The van der Waals surface area contributed by atoms with Crippen molar-refractivity contribution in [3.63, 3.8) is 0 Å². The second-order valence-corrected chi connectivity index (χ2v) is 4.80. The van der Waals surface area contributed by atoms with Gasteiger partial charge in [0.1, 0.15) is 5.82 Å². The fraction of sp³-hybridized carbons (Fsp3) is 0.538. The molecule has 0 radical (unpaired) electrons. The Morgan fingerprint density at radius 1 is 1.56 bits per heavy atom. The molecule has 1 aromatic carbocycles. The van der Waals surface area contributed by atoms with E-state index in [9.17, 15) is 4.39 Å². The lowest BCUT2D eigenvalue weighted by atomic mass is 10.2. The first kappa shape index (κ1) is 13.6. The zero-order valence-electron chi connectivity index (χ0n) is 10.5. The number of rotatable bonds is 4. The number of benzene rings is 1. The molecule has 3 nitrogen and oxygen atoms in total. The predicted molar refractivity (Wildman–Crippen MR) is 71.8 cm³/mol. The van der Waals surface area contributed by atoms with E-state index in [1.807, 2.05) is 0 Å². The number of hydrogen-bond donors (Lipinski definition) is 1. The lowest BCUT2D eigenvalue weighted by molar-refractivity contribution is -0.0191. The van der Waals surface area contributed by atoms with Crippen molar-refractivity contribution < 1.29 is 9.13 Å². The van der Waals surface area contributed by atoms with Crippen LogP contribution in [0.5, 0.6) is 0 Å². The van der Waals surface area contributed by atoms with Crippen molar-refractivity contribution in [2.24, 2.45) is 0 Å². The fourth-order valence-electron chi connectivity index (χ4n) is 2.05. The van der Waals surface area contributed by atoms with Crippen molar-refractivity contribution in [1.82, 2.24) is 4.90 Å². The molecule has 1 atom stereocenters. The smallest absolute Gasteiger partial charge is 0.125 e. The third-order valence-corrected chi connectivity index (χ3v) is 3.45. The summed E-state index contributed by atoms with van der Waals surface area (Å²) < 4.78 is 18.8. The van der Waals surface area contributed by atoms with Crippen molar-refractivity contribution in [1.29, 1.82) is 0 Å². The summed E-state index contributed by atoms with van der Waals surface area (Å²) in [6.45, 7) is 6.43. The number of nitrogens with zero attached hydrogens (tertiary/aromatic N) is 1. The van der Waals surface area contributed by atoms with Crippen molar-refractivity contribution in [3.8, 4) is 0 Å². The topological polar surface area (TPSA) is 24.5 Å². The second kappa shape index (κ2) is 6.36. The number of anilines is 1. The molecular formula is C13H18ClFN2O. The van der Waals surface area contributed by atoms with E-state index in [0.29, 0.717) is 17.3 Å². The number of morpholine rings is 1. The Bertz CT molecular complexity index is 403. The van der Waals surface area contributed by atoms with Crippen molar-refractivity contribution in [2.45, 2.75) is 13.0 Å². The molecule has 0 aliphatic carbocycles. The Hall–Kier alpha value is -0.840. The van der Waals surface area contributed by atoms with Gasteiger partial charge in [-0.05, 0) is 24.7 Å². The van der Waals surface area contributed by atoms with E-state index in [1.165, 1.54) is 12.1 Å². The Morgan fingerprint density at radius 2 is 2.39 bits per heavy atom. The molecule has 0 spiro atoms. The maximum atomic E-state index is 13.1. The first-order chi connectivity index (χ1) is 8.69.